The molecule has 2 saturated heterocycles. The van der Waals surface area contributed by atoms with Gasteiger partial charge in [0.1, 0.15) is 85.5 Å². The summed E-state index contributed by atoms with van der Waals surface area (Å²) in [6.45, 7) is 2.15. The van der Waals surface area contributed by atoms with E-state index < -0.39 is 132 Å². The second-order valence-corrected chi connectivity index (χ2v) is 17.3. The Balaban J connectivity index is 1.63. The van der Waals surface area contributed by atoms with Crippen molar-refractivity contribution in [2.75, 3.05) is 26.4 Å². The molecule has 0 amide bonds. The first kappa shape index (κ1) is 52.8. The van der Waals surface area contributed by atoms with Gasteiger partial charge in [-0.2, -0.15) is 0 Å². The first-order valence-electron chi connectivity index (χ1n) is 21.4. The second-order valence-electron chi connectivity index (χ2n) is 15.9. The number of unbranched alkanes of at least 4 members (excludes halogenated alkanes) is 13. The van der Waals surface area contributed by atoms with Gasteiger partial charge in [0.15, 0.2) is 12.6 Å². The first-order chi connectivity index (χ1) is 28.1. The highest BCUT2D eigenvalue weighted by Crippen LogP contribution is 2.48. The molecule has 3 fully saturated rings. The molecule has 0 aromatic rings. The lowest BCUT2D eigenvalue weighted by Crippen LogP contribution is -2.69. The van der Waals surface area contributed by atoms with E-state index in [9.17, 15) is 65.6 Å². The van der Waals surface area contributed by atoms with Crippen molar-refractivity contribution < 1.29 is 98.4 Å². The lowest BCUT2D eigenvalue weighted by molar-refractivity contribution is -0.360. The van der Waals surface area contributed by atoms with E-state index in [-0.39, 0.29) is 0 Å². The number of phosphoric acid groups is 1. The summed E-state index contributed by atoms with van der Waals surface area (Å²) in [5, 5.41) is 115. The molecule has 0 aromatic carbocycles. The number of aliphatic hydroxyl groups excluding tert-OH is 11. The minimum atomic E-state index is -5.28. The van der Waals surface area contributed by atoms with Crippen LogP contribution >= 0.6 is 7.82 Å². The minimum Gasteiger partial charge on any atom is -0.394 e. The summed E-state index contributed by atoms with van der Waals surface area (Å²) < 4.78 is 52.2. The van der Waals surface area contributed by atoms with Gasteiger partial charge in [-0.15, -0.1) is 0 Å². The van der Waals surface area contributed by atoms with Gasteiger partial charge in [0.05, 0.1) is 25.9 Å². The number of phosphoric ester groups is 1. The third kappa shape index (κ3) is 15.9. The third-order valence-electron chi connectivity index (χ3n) is 11.3. The van der Waals surface area contributed by atoms with Crippen molar-refractivity contribution in [3.63, 3.8) is 0 Å². The van der Waals surface area contributed by atoms with Crippen LogP contribution in [0, 0.1) is 0 Å². The van der Waals surface area contributed by atoms with E-state index in [1.54, 1.807) is 6.92 Å². The largest absolute Gasteiger partial charge is 0.472 e. The molecule has 20 nitrogen and oxygen atoms in total. The topological polar surface area (TPSA) is 324 Å². The first-order valence-corrected chi connectivity index (χ1v) is 22.8. The molecule has 0 radical (unpaired) electrons. The molecule has 0 aromatic heterocycles. The molecule has 2 heterocycles. The fraction of sp³-hybridized carbons (Fsp3) is 1.00. The zero-order valence-electron chi connectivity index (χ0n) is 34.3. The number of aliphatic hydroxyl groups is 11. The molecule has 59 heavy (non-hydrogen) atoms. The summed E-state index contributed by atoms with van der Waals surface area (Å²) in [6.07, 6.45) is -15.3. The molecule has 350 valence electrons. The number of hydrogen-bond acceptors (Lipinski definition) is 19. The summed E-state index contributed by atoms with van der Waals surface area (Å²) in [4.78, 5) is 11.0. The Bertz CT molecular complexity index is 1120. The third-order valence-corrected chi connectivity index (χ3v) is 12.3. The van der Waals surface area contributed by atoms with Gasteiger partial charge in [-0.05, 0) is 12.8 Å². The Kier molecular flexibility index (Phi) is 24.1. The monoisotopic (exact) mass is 880 g/mol. The summed E-state index contributed by atoms with van der Waals surface area (Å²) >= 11 is 0. The van der Waals surface area contributed by atoms with Gasteiger partial charge in [-0.25, -0.2) is 4.57 Å². The summed E-state index contributed by atoms with van der Waals surface area (Å²) in [5.74, 6) is 0. The maximum absolute atomic E-state index is 13.5. The standard InChI is InChI=1S/C38H73O20P/c1-3-5-6-7-8-9-10-11-12-13-14-15-16-17-18-52-22(4-2)21-53-59(50,51)58-36-34(56-37-32(48)27(43)25(41)23(19-39)54-37)30(46)29(45)31(47)35(36)57-38-33(49)28(44)26(42)24(20-40)55-38/h22-49H,3-21H2,1-2H3,(H,50,51)/t22-,23?,24?,25-,26-,27+,28?,29?,30?,31+,32?,33-,34?,35?,36?,37+,38-/m1/s1. The fourth-order valence-electron chi connectivity index (χ4n) is 7.46. The van der Waals surface area contributed by atoms with E-state index in [0.29, 0.717) is 13.0 Å². The van der Waals surface area contributed by atoms with Gasteiger partial charge < -0.3 is 84.7 Å². The Morgan fingerprint density at radius 2 is 0.915 bits per heavy atom. The Morgan fingerprint density at radius 1 is 0.525 bits per heavy atom. The van der Waals surface area contributed by atoms with Gasteiger partial charge in [0.2, 0.25) is 0 Å². The smallest absolute Gasteiger partial charge is 0.394 e. The Morgan fingerprint density at radius 3 is 1.31 bits per heavy atom. The van der Waals surface area contributed by atoms with E-state index in [1.807, 2.05) is 0 Å². The van der Waals surface area contributed by atoms with Gasteiger partial charge in [0, 0.05) is 6.61 Å². The molecule has 12 N–H and O–H groups in total. The molecule has 0 spiro atoms. The van der Waals surface area contributed by atoms with Crippen molar-refractivity contribution in [2.24, 2.45) is 0 Å². The van der Waals surface area contributed by atoms with E-state index in [2.05, 4.69) is 6.92 Å². The molecule has 3 aliphatic rings. The normalized spacial score (nSPS) is 38.3. The maximum atomic E-state index is 13.5. The van der Waals surface area contributed by atoms with Crippen LogP contribution < -0.4 is 0 Å². The van der Waals surface area contributed by atoms with Crippen LogP contribution in [-0.2, 0) is 37.3 Å². The van der Waals surface area contributed by atoms with E-state index in [4.69, 9.17) is 32.7 Å². The van der Waals surface area contributed by atoms with Crippen molar-refractivity contribution >= 4 is 7.82 Å². The Labute approximate surface area is 346 Å². The summed E-state index contributed by atoms with van der Waals surface area (Å²) in [5.41, 5.74) is 0. The van der Waals surface area contributed by atoms with Crippen LogP contribution in [-0.4, -0.2) is 192 Å². The van der Waals surface area contributed by atoms with Crippen molar-refractivity contribution in [3.05, 3.63) is 0 Å². The molecule has 10 unspecified atom stereocenters. The van der Waals surface area contributed by atoms with Crippen LogP contribution in [0.4, 0.5) is 0 Å². The quantitative estimate of drug-likeness (QED) is 0.0339. The summed E-state index contributed by atoms with van der Waals surface area (Å²) in [7, 11) is -5.28. The maximum Gasteiger partial charge on any atom is 0.472 e. The average molecular weight is 881 g/mol. The Hall–Kier alpha value is -0.530. The van der Waals surface area contributed by atoms with Gasteiger partial charge in [-0.3, -0.25) is 9.05 Å². The highest BCUT2D eigenvalue weighted by Gasteiger charge is 2.58. The van der Waals surface area contributed by atoms with Crippen LogP contribution in [0.2, 0.25) is 0 Å². The zero-order valence-corrected chi connectivity index (χ0v) is 35.2. The van der Waals surface area contributed by atoms with Crippen molar-refractivity contribution in [1.29, 1.82) is 0 Å². The highest BCUT2D eigenvalue weighted by molar-refractivity contribution is 7.47. The molecule has 0 bridgehead atoms. The van der Waals surface area contributed by atoms with Crippen LogP contribution in [0.3, 0.4) is 0 Å². The lowest BCUT2D eigenvalue weighted by Gasteiger charge is -2.49. The van der Waals surface area contributed by atoms with E-state index in [0.717, 1.165) is 25.7 Å². The van der Waals surface area contributed by atoms with Crippen molar-refractivity contribution in [1.82, 2.24) is 0 Å². The lowest BCUT2D eigenvalue weighted by atomic mass is 9.84. The number of hydrogen-bond donors (Lipinski definition) is 12. The van der Waals surface area contributed by atoms with E-state index in [1.165, 1.54) is 64.2 Å². The summed E-state index contributed by atoms with van der Waals surface area (Å²) in [6, 6.07) is 0. The van der Waals surface area contributed by atoms with Gasteiger partial charge in [-0.1, -0.05) is 97.3 Å². The molecule has 21 heteroatoms. The average Bonchev–Trinajstić information content (AvgIpc) is 3.22. The second kappa shape index (κ2) is 26.9. The highest BCUT2D eigenvalue weighted by atomic mass is 31.2. The van der Waals surface area contributed by atoms with Crippen molar-refractivity contribution in [3.8, 4) is 0 Å². The predicted molar refractivity (Wildman–Crippen MR) is 206 cm³/mol. The van der Waals surface area contributed by atoms with E-state index >= 15 is 0 Å². The molecule has 1 saturated carbocycles. The SMILES string of the molecule is CCCCCCCCCCCCCCCCO[C@H](CC)COP(=O)(O)OC1C(O[C@@H]2OC(CO)[C@@H](O)[C@H](O)C2O)C(O)C(O)[C@H](O)C1O[C@H]1OC(CO)[C@@H](O)C(O)[C@H]1O. The molecule has 1 aliphatic carbocycles. The zero-order chi connectivity index (χ0) is 43.7. The minimum absolute atomic E-state index is 0.361. The fourth-order valence-corrected chi connectivity index (χ4v) is 8.43. The molecule has 3 rings (SSSR count). The van der Waals surface area contributed by atoms with Gasteiger partial charge in [0.25, 0.3) is 0 Å². The molecular formula is C38H73O20P. The van der Waals surface area contributed by atoms with Crippen LogP contribution in [0.25, 0.3) is 0 Å². The molecule has 2 aliphatic heterocycles. The van der Waals surface area contributed by atoms with Crippen molar-refractivity contribution in [2.45, 2.75) is 214 Å². The van der Waals surface area contributed by atoms with Crippen LogP contribution in [0.15, 0.2) is 0 Å². The molecule has 18 atom stereocenters. The van der Waals surface area contributed by atoms with Crippen LogP contribution in [0.1, 0.15) is 110 Å². The number of ether oxygens (including phenoxy) is 5. The number of rotatable bonds is 28. The van der Waals surface area contributed by atoms with Gasteiger partial charge >= 0.3 is 7.82 Å². The molecular weight excluding hydrogens is 807 g/mol. The predicted octanol–water partition coefficient (Wildman–Crippen LogP) is -0.768. The van der Waals surface area contributed by atoms with Crippen LogP contribution in [0.5, 0.6) is 0 Å².